The van der Waals surface area contributed by atoms with Gasteiger partial charge in [-0.1, -0.05) is 85.5 Å². The number of carbonyl (C=O) groups excluding carboxylic acids is 2. The van der Waals surface area contributed by atoms with Crippen molar-refractivity contribution in [3.05, 3.63) is 101 Å². The van der Waals surface area contributed by atoms with Gasteiger partial charge in [0.25, 0.3) is 0 Å². The predicted molar refractivity (Wildman–Crippen MR) is 199 cm³/mol. The molecule has 5 aliphatic carbocycles. The van der Waals surface area contributed by atoms with Gasteiger partial charge in [0.15, 0.2) is 0 Å². The zero-order chi connectivity index (χ0) is 34.9. The summed E-state index contributed by atoms with van der Waals surface area (Å²) in [6, 6.07) is 24.1. The topological polar surface area (TPSA) is 86.8 Å². The normalized spacial score (nSPS) is 25.2. The van der Waals surface area contributed by atoms with Crippen LogP contribution < -0.4 is 9.62 Å². The maximum atomic E-state index is 14.6. The molecule has 3 aromatic carbocycles. The van der Waals surface area contributed by atoms with Crippen molar-refractivity contribution < 1.29 is 18.0 Å². The van der Waals surface area contributed by atoms with E-state index < -0.39 is 28.5 Å². The van der Waals surface area contributed by atoms with Crippen molar-refractivity contribution in [2.24, 2.45) is 17.8 Å². The van der Waals surface area contributed by atoms with E-state index in [-0.39, 0.29) is 23.9 Å². The van der Waals surface area contributed by atoms with Crippen LogP contribution in [0, 0.1) is 17.8 Å². The van der Waals surface area contributed by atoms with Crippen molar-refractivity contribution in [1.29, 1.82) is 0 Å². The average Bonchev–Trinajstić information content (AvgIpc) is 3.09. The van der Waals surface area contributed by atoms with Crippen molar-refractivity contribution in [1.82, 2.24) is 10.2 Å². The first-order valence-electron chi connectivity index (χ1n) is 18.5. The third kappa shape index (κ3) is 7.91. The fourth-order valence-electron chi connectivity index (χ4n) is 9.94. The van der Waals surface area contributed by atoms with E-state index in [1.165, 1.54) is 48.4 Å². The molecular formula is C41H50ClN3O4S. The molecule has 8 rings (SSSR count). The van der Waals surface area contributed by atoms with Crippen molar-refractivity contribution in [2.45, 2.75) is 101 Å². The van der Waals surface area contributed by atoms with Crippen molar-refractivity contribution in [3.63, 3.8) is 0 Å². The molecule has 0 saturated heterocycles. The minimum absolute atomic E-state index is 0.0574. The van der Waals surface area contributed by atoms with Gasteiger partial charge in [0.2, 0.25) is 21.8 Å². The van der Waals surface area contributed by atoms with Crippen LogP contribution in [-0.2, 0) is 38.0 Å². The number of nitrogens with one attached hydrogen (secondary N) is 1. The molecule has 266 valence electrons. The number of halogens is 1. The van der Waals surface area contributed by atoms with Crippen LogP contribution in [0.5, 0.6) is 0 Å². The summed E-state index contributed by atoms with van der Waals surface area (Å²) in [5.74, 6) is 1.76. The van der Waals surface area contributed by atoms with Gasteiger partial charge < -0.3 is 10.2 Å². The Hall–Kier alpha value is -3.36. The maximum absolute atomic E-state index is 14.6. The van der Waals surface area contributed by atoms with Crippen LogP contribution in [0.4, 0.5) is 5.69 Å². The van der Waals surface area contributed by atoms with E-state index in [0.29, 0.717) is 17.1 Å². The SMILES string of the molecule is CS(=O)(=O)N(CC(=O)N(Cc1ccc(Cl)cc1)C(Cc1ccccc1)C(=O)NC1CCCCC1)c1ccc(C23CC4CC(CC(C4)C2)C3)cc1. The second-order valence-corrected chi connectivity index (χ2v) is 18.1. The Kier molecular flexibility index (Phi) is 10.3. The molecule has 0 radical (unpaired) electrons. The second kappa shape index (κ2) is 14.7. The first kappa shape index (κ1) is 35.1. The van der Waals surface area contributed by atoms with Crippen LogP contribution in [0.3, 0.4) is 0 Å². The van der Waals surface area contributed by atoms with E-state index in [2.05, 4.69) is 17.4 Å². The molecule has 1 atom stereocenters. The third-order valence-electron chi connectivity index (χ3n) is 12.0. The lowest BCUT2D eigenvalue weighted by molar-refractivity contribution is -0.140. The Bertz CT molecular complexity index is 1720. The molecule has 5 aliphatic rings. The molecule has 0 aromatic heterocycles. The number of hydrogen-bond acceptors (Lipinski definition) is 4. The molecule has 3 aromatic rings. The summed E-state index contributed by atoms with van der Waals surface area (Å²) in [5.41, 5.74) is 3.67. The van der Waals surface area contributed by atoms with Gasteiger partial charge in [-0.15, -0.1) is 0 Å². The van der Waals surface area contributed by atoms with Gasteiger partial charge in [-0.25, -0.2) is 8.42 Å². The molecular weight excluding hydrogens is 666 g/mol. The van der Waals surface area contributed by atoms with Gasteiger partial charge in [-0.3, -0.25) is 13.9 Å². The highest BCUT2D eigenvalue weighted by molar-refractivity contribution is 7.92. The summed E-state index contributed by atoms with van der Waals surface area (Å²) < 4.78 is 28.0. The summed E-state index contributed by atoms with van der Waals surface area (Å²) >= 11 is 6.21. The minimum atomic E-state index is -3.84. The van der Waals surface area contributed by atoms with E-state index >= 15 is 0 Å². The van der Waals surface area contributed by atoms with Gasteiger partial charge in [-0.05, 0) is 115 Å². The monoisotopic (exact) mass is 715 g/mol. The number of nitrogens with zero attached hydrogens (tertiary/aromatic N) is 2. The Morgan fingerprint density at radius 2 is 1.42 bits per heavy atom. The lowest BCUT2D eigenvalue weighted by Crippen LogP contribution is -2.55. The van der Waals surface area contributed by atoms with Crippen molar-refractivity contribution >= 4 is 39.1 Å². The second-order valence-electron chi connectivity index (χ2n) is 15.7. The fraction of sp³-hybridized carbons (Fsp3) is 0.512. The first-order chi connectivity index (χ1) is 24.0. The lowest BCUT2D eigenvalue weighted by atomic mass is 9.48. The summed E-state index contributed by atoms with van der Waals surface area (Å²) in [6.07, 6.45) is 14.3. The van der Waals surface area contributed by atoms with E-state index in [4.69, 9.17) is 11.6 Å². The number of benzene rings is 3. The van der Waals surface area contributed by atoms with E-state index in [1.807, 2.05) is 54.6 Å². The lowest BCUT2D eigenvalue weighted by Gasteiger charge is -2.57. The summed E-state index contributed by atoms with van der Waals surface area (Å²) in [4.78, 5) is 30.4. The van der Waals surface area contributed by atoms with Gasteiger partial charge >= 0.3 is 0 Å². The Morgan fingerprint density at radius 1 is 0.820 bits per heavy atom. The van der Waals surface area contributed by atoms with Crippen LogP contribution in [0.15, 0.2) is 78.9 Å². The van der Waals surface area contributed by atoms with E-state index in [9.17, 15) is 18.0 Å². The smallest absolute Gasteiger partial charge is 0.244 e. The minimum Gasteiger partial charge on any atom is -0.352 e. The number of anilines is 1. The number of amides is 2. The largest absolute Gasteiger partial charge is 0.352 e. The van der Waals surface area contributed by atoms with E-state index in [1.54, 1.807) is 17.0 Å². The average molecular weight is 716 g/mol. The molecule has 9 heteroatoms. The van der Waals surface area contributed by atoms with Gasteiger partial charge in [0.1, 0.15) is 12.6 Å². The Balaban J connectivity index is 1.18. The quantitative estimate of drug-likeness (QED) is 0.209. The standard InChI is InChI=1S/C41H50ClN3O4S/c1-50(48,49)45(37-18-14-34(15-19-37)41-24-31-20-32(25-41)22-33(21-31)26-41)28-39(46)44(27-30-12-16-35(42)17-13-30)38(23-29-8-4-2-5-9-29)40(47)43-36-10-6-3-7-11-36/h2,4-5,8-9,12-19,31-33,36,38H,3,6-7,10-11,20-28H2,1H3,(H,43,47). The summed E-state index contributed by atoms with van der Waals surface area (Å²) in [7, 11) is -3.84. The third-order valence-corrected chi connectivity index (χ3v) is 13.4. The highest BCUT2D eigenvalue weighted by Gasteiger charge is 2.51. The molecule has 5 saturated carbocycles. The Morgan fingerprint density at radius 3 is 2.00 bits per heavy atom. The molecule has 1 N–H and O–H groups in total. The highest BCUT2D eigenvalue weighted by atomic mass is 35.5. The van der Waals surface area contributed by atoms with Crippen molar-refractivity contribution in [3.8, 4) is 0 Å². The van der Waals surface area contributed by atoms with Crippen molar-refractivity contribution in [2.75, 3.05) is 17.1 Å². The molecule has 1 unspecified atom stereocenters. The van der Waals surface area contributed by atoms with E-state index in [0.717, 1.165) is 67.2 Å². The molecule has 0 aliphatic heterocycles. The number of hydrogen-bond donors (Lipinski definition) is 1. The molecule has 0 heterocycles. The van der Waals surface area contributed by atoms with Crippen LogP contribution in [0.2, 0.25) is 5.02 Å². The zero-order valence-corrected chi connectivity index (χ0v) is 30.7. The highest BCUT2D eigenvalue weighted by Crippen LogP contribution is 2.60. The van der Waals surface area contributed by atoms with Crippen LogP contribution in [0.1, 0.15) is 87.3 Å². The number of carbonyl (C=O) groups is 2. The fourth-order valence-corrected chi connectivity index (χ4v) is 10.9. The van der Waals surface area contributed by atoms with Gasteiger partial charge in [0.05, 0.1) is 11.9 Å². The van der Waals surface area contributed by atoms with Gasteiger partial charge in [-0.2, -0.15) is 0 Å². The zero-order valence-electron chi connectivity index (χ0n) is 29.1. The van der Waals surface area contributed by atoms with Crippen LogP contribution in [-0.4, -0.2) is 50.0 Å². The molecule has 2 amide bonds. The maximum Gasteiger partial charge on any atom is 0.244 e. The molecule has 7 nitrogen and oxygen atoms in total. The molecule has 50 heavy (non-hydrogen) atoms. The first-order valence-corrected chi connectivity index (χ1v) is 20.7. The van der Waals surface area contributed by atoms with Crippen LogP contribution in [0.25, 0.3) is 0 Å². The predicted octanol–water partition coefficient (Wildman–Crippen LogP) is 7.66. The number of rotatable bonds is 12. The van der Waals surface area contributed by atoms with Crippen LogP contribution >= 0.6 is 11.6 Å². The van der Waals surface area contributed by atoms with Gasteiger partial charge in [0, 0.05) is 24.0 Å². The summed E-state index contributed by atoms with van der Waals surface area (Å²) in [6.45, 7) is -0.278. The molecule has 5 fully saturated rings. The Labute approximate surface area is 302 Å². The molecule has 4 bridgehead atoms. The molecule has 0 spiro atoms. The number of sulfonamides is 1. The summed E-state index contributed by atoms with van der Waals surface area (Å²) in [5, 5.41) is 3.83.